The van der Waals surface area contributed by atoms with Crippen molar-refractivity contribution in [2.45, 2.75) is 40.0 Å². The number of nitrogens with two attached hydrogens (primary N) is 1. The van der Waals surface area contributed by atoms with Crippen LogP contribution in [0.4, 0.5) is 5.69 Å². The summed E-state index contributed by atoms with van der Waals surface area (Å²) < 4.78 is 0. The van der Waals surface area contributed by atoms with Crippen LogP contribution in [0.15, 0.2) is 30.3 Å². The summed E-state index contributed by atoms with van der Waals surface area (Å²) in [5.74, 6) is 0. The van der Waals surface area contributed by atoms with Gasteiger partial charge < -0.3 is 5.73 Å². The van der Waals surface area contributed by atoms with Crippen LogP contribution in [-0.2, 0) is 19.3 Å². The van der Waals surface area contributed by atoms with E-state index in [4.69, 9.17) is 17.3 Å². The largest absolute Gasteiger partial charge is 0.398 e. The average molecular weight is 288 g/mol. The molecule has 0 saturated heterocycles. The fourth-order valence-electron chi connectivity index (χ4n) is 2.88. The van der Waals surface area contributed by atoms with Gasteiger partial charge in [0.15, 0.2) is 0 Å². The van der Waals surface area contributed by atoms with Gasteiger partial charge in [-0.05, 0) is 53.1 Å². The van der Waals surface area contributed by atoms with Crippen LogP contribution in [0.1, 0.15) is 37.5 Å². The second kappa shape index (κ2) is 6.32. The van der Waals surface area contributed by atoms with Gasteiger partial charge in [0.05, 0.1) is 0 Å². The Kier molecular flexibility index (Phi) is 4.72. The molecule has 0 bridgehead atoms. The molecule has 0 saturated carbocycles. The van der Waals surface area contributed by atoms with Crippen LogP contribution < -0.4 is 5.73 Å². The molecule has 0 unspecified atom stereocenters. The van der Waals surface area contributed by atoms with Gasteiger partial charge in [-0.3, -0.25) is 0 Å². The lowest BCUT2D eigenvalue weighted by molar-refractivity contribution is 1.08. The Hall–Kier alpha value is -1.47. The predicted octanol–water partition coefficient (Wildman–Crippen LogP) is 5.28. The maximum absolute atomic E-state index is 6.43. The minimum Gasteiger partial charge on any atom is -0.398 e. The third-order valence-electron chi connectivity index (χ3n) is 3.90. The van der Waals surface area contributed by atoms with Crippen LogP contribution >= 0.6 is 11.6 Å². The molecule has 0 fully saturated rings. The zero-order chi connectivity index (χ0) is 14.7. The topological polar surface area (TPSA) is 26.0 Å². The second-order valence-corrected chi connectivity index (χ2v) is 5.40. The van der Waals surface area contributed by atoms with Gasteiger partial charge in [0.1, 0.15) is 0 Å². The number of hydrogen-bond acceptors (Lipinski definition) is 1. The molecule has 0 atom stereocenters. The van der Waals surface area contributed by atoms with Crippen LogP contribution in [0.2, 0.25) is 5.02 Å². The molecular formula is C18H22ClN. The molecule has 1 nitrogen and oxygen atoms in total. The Morgan fingerprint density at radius 2 is 1.60 bits per heavy atom. The number of nitrogen functional groups attached to an aromatic ring is 1. The van der Waals surface area contributed by atoms with E-state index < -0.39 is 0 Å². The van der Waals surface area contributed by atoms with Crippen molar-refractivity contribution < 1.29 is 0 Å². The van der Waals surface area contributed by atoms with Crippen LogP contribution in [0.25, 0.3) is 11.1 Å². The Labute approximate surface area is 126 Å². The first-order valence-electron chi connectivity index (χ1n) is 7.31. The molecule has 0 aromatic heterocycles. The first kappa shape index (κ1) is 14.9. The highest BCUT2D eigenvalue weighted by atomic mass is 35.5. The van der Waals surface area contributed by atoms with E-state index in [1.807, 2.05) is 6.07 Å². The first-order valence-corrected chi connectivity index (χ1v) is 7.69. The summed E-state index contributed by atoms with van der Waals surface area (Å²) >= 11 is 6.43. The van der Waals surface area contributed by atoms with Crippen molar-refractivity contribution in [3.05, 3.63) is 52.0 Å². The molecule has 0 aliphatic carbocycles. The lowest BCUT2D eigenvalue weighted by Crippen LogP contribution is -2.03. The first-order chi connectivity index (χ1) is 9.63. The van der Waals surface area contributed by atoms with Crippen molar-refractivity contribution in [2.24, 2.45) is 0 Å². The van der Waals surface area contributed by atoms with Gasteiger partial charge >= 0.3 is 0 Å². The van der Waals surface area contributed by atoms with Crippen molar-refractivity contribution in [3.8, 4) is 11.1 Å². The number of anilines is 1. The minimum atomic E-state index is 0.781. The van der Waals surface area contributed by atoms with E-state index in [1.165, 1.54) is 27.8 Å². The van der Waals surface area contributed by atoms with Crippen molar-refractivity contribution in [1.82, 2.24) is 0 Å². The van der Waals surface area contributed by atoms with Crippen molar-refractivity contribution >= 4 is 17.3 Å². The number of benzene rings is 2. The lowest BCUT2D eigenvalue weighted by atomic mass is 9.87. The summed E-state index contributed by atoms with van der Waals surface area (Å²) in [4.78, 5) is 0. The molecule has 20 heavy (non-hydrogen) atoms. The van der Waals surface area contributed by atoms with Crippen LogP contribution in [0.3, 0.4) is 0 Å². The third-order valence-corrected chi connectivity index (χ3v) is 4.23. The predicted molar refractivity (Wildman–Crippen MR) is 89.4 cm³/mol. The monoisotopic (exact) mass is 287 g/mol. The van der Waals surface area contributed by atoms with E-state index in [9.17, 15) is 0 Å². The van der Waals surface area contributed by atoms with Gasteiger partial charge in [0, 0.05) is 10.7 Å². The molecule has 0 heterocycles. The fraction of sp³-hybridized carbons (Fsp3) is 0.333. The quantitative estimate of drug-likeness (QED) is 0.761. The normalized spacial score (nSPS) is 10.8. The molecular weight excluding hydrogens is 266 g/mol. The highest BCUT2D eigenvalue weighted by Gasteiger charge is 2.17. The van der Waals surface area contributed by atoms with Crippen molar-refractivity contribution in [3.63, 3.8) is 0 Å². The Balaban J connectivity index is 2.83. The van der Waals surface area contributed by atoms with Crippen molar-refractivity contribution in [1.29, 1.82) is 0 Å². The smallest absolute Gasteiger partial charge is 0.0464 e. The SMILES string of the molecule is CCc1ccccc1-c1c(CC)c(N)cc(Cl)c1CC. The van der Waals surface area contributed by atoms with E-state index >= 15 is 0 Å². The standard InChI is InChI=1S/C18H22ClN/c1-4-12-9-7-8-10-15(12)18-13(5-2)16(19)11-17(20)14(18)6-3/h7-11H,4-6,20H2,1-3H3. The summed E-state index contributed by atoms with van der Waals surface area (Å²) in [6, 6.07) is 10.4. The highest BCUT2D eigenvalue weighted by Crippen LogP contribution is 2.38. The zero-order valence-electron chi connectivity index (χ0n) is 12.5. The molecule has 2 rings (SSSR count). The van der Waals surface area contributed by atoms with E-state index in [0.29, 0.717) is 0 Å². The van der Waals surface area contributed by atoms with E-state index in [0.717, 1.165) is 30.0 Å². The highest BCUT2D eigenvalue weighted by molar-refractivity contribution is 6.32. The molecule has 0 aliphatic rings. The van der Waals surface area contributed by atoms with Crippen LogP contribution in [0.5, 0.6) is 0 Å². The number of halogens is 1. The fourth-order valence-corrected chi connectivity index (χ4v) is 3.23. The molecule has 0 spiro atoms. The molecule has 2 aromatic carbocycles. The van der Waals surface area contributed by atoms with Gasteiger partial charge in [-0.1, -0.05) is 56.6 Å². The van der Waals surface area contributed by atoms with Crippen LogP contribution in [-0.4, -0.2) is 0 Å². The molecule has 106 valence electrons. The third kappa shape index (κ3) is 2.55. The van der Waals surface area contributed by atoms with Gasteiger partial charge in [0.2, 0.25) is 0 Å². The maximum atomic E-state index is 6.43. The van der Waals surface area contributed by atoms with Gasteiger partial charge in [-0.25, -0.2) is 0 Å². The minimum absolute atomic E-state index is 0.781. The summed E-state index contributed by atoms with van der Waals surface area (Å²) in [7, 11) is 0. The van der Waals surface area contributed by atoms with Crippen molar-refractivity contribution in [2.75, 3.05) is 5.73 Å². The molecule has 2 N–H and O–H groups in total. The second-order valence-electron chi connectivity index (χ2n) is 5.00. The lowest BCUT2D eigenvalue weighted by Gasteiger charge is -2.19. The molecule has 0 aliphatic heterocycles. The molecule has 0 amide bonds. The Morgan fingerprint density at radius 3 is 2.20 bits per heavy atom. The number of rotatable bonds is 4. The summed E-state index contributed by atoms with van der Waals surface area (Å²) in [6.07, 6.45) is 2.85. The summed E-state index contributed by atoms with van der Waals surface area (Å²) in [5, 5.41) is 0.781. The Morgan fingerprint density at radius 1 is 0.950 bits per heavy atom. The van der Waals surface area contributed by atoms with E-state index in [2.05, 4.69) is 45.0 Å². The number of aryl methyl sites for hydroxylation is 1. The Bertz CT molecular complexity index is 589. The van der Waals surface area contributed by atoms with Gasteiger partial charge in [-0.2, -0.15) is 0 Å². The van der Waals surface area contributed by atoms with Gasteiger partial charge in [-0.15, -0.1) is 0 Å². The van der Waals surface area contributed by atoms with E-state index in [-0.39, 0.29) is 0 Å². The van der Waals surface area contributed by atoms with Gasteiger partial charge in [0.25, 0.3) is 0 Å². The summed E-state index contributed by atoms with van der Waals surface area (Å²) in [5.41, 5.74) is 13.3. The van der Waals surface area contributed by atoms with E-state index in [1.54, 1.807) is 0 Å². The molecule has 0 radical (unpaired) electrons. The zero-order valence-corrected chi connectivity index (χ0v) is 13.2. The maximum Gasteiger partial charge on any atom is 0.0464 e. The average Bonchev–Trinajstić information content (AvgIpc) is 2.46. The van der Waals surface area contributed by atoms with Crippen LogP contribution in [0, 0.1) is 0 Å². The molecule has 2 aromatic rings. The summed E-state index contributed by atoms with van der Waals surface area (Å²) in [6.45, 7) is 6.48. The molecule has 2 heteroatoms. The number of hydrogen-bond donors (Lipinski definition) is 1.